The van der Waals surface area contributed by atoms with E-state index in [-0.39, 0.29) is 5.54 Å². The first-order chi connectivity index (χ1) is 9.49. The highest BCUT2D eigenvalue weighted by molar-refractivity contribution is 5.39. The molecule has 1 aromatic rings. The molecule has 0 amide bonds. The zero-order valence-electron chi connectivity index (χ0n) is 13.3. The molecule has 20 heavy (non-hydrogen) atoms. The standard InChI is InChI=1S/C16H28N4/c1-5-6-9-20(14-7-8-14)15-12-17-13(10-18-15)11-19-16(2,3)4/h10,12,14,19H,5-9,11H2,1-4H3. The molecule has 0 atom stereocenters. The molecule has 2 rings (SSSR count). The lowest BCUT2D eigenvalue weighted by atomic mass is 10.1. The highest BCUT2D eigenvalue weighted by Crippen LogP contribution is 2.30. The van der Waals surface area contributed by atoms with Crippen LogP contribution in [0.1, 0.15) is 59.1 Å². The molecule has 0 aromatic carbocycles. The molecular formula is C16H28N4. The smallest absolute Gasteiger partial charge is 0.147 e. The summed E-state index contributed by atoms with van der Waals surface area (Å²) in [6, 6.07) is 0.703. The third kappa shape index (κ3) is 4.75. The van der Waals surface area contributed by atoms with Crippen molar-refractivity contribution in [3.63, 3.8) is 0 Å². The van der Waals surface area contributed by atoms with E-state index in [0.29, 0.717) is 6.04 Å². The minimum Gasteiger partial charge on any atom is -0.352 e. The van der Waals surface area contributed by atoms with E-state index in [2.05, 4.69) is 47.9 Å². The minimum absolute atomic E-state index is 0.113. The molecule has 0 aliphatic heterocycles. The quantitative estimate of drug-likeness (QED) is 0.830. The molecule has 4 heteroatoms. The van der Waals surface area contributed by atoms with Crippen molar-refractivity contribution in [2.45, 2.75) is 71.5 Å². The minimum atomic E-state index is 0.113. The Labute approximate surface area is 123 Å². The average Bonchev–Trinajstić information content (AvgIpc) is 3.22. The summed E-state index contributed by atoms with van der Waals surface area (Å²) in [7, 11) is 0. The second kappa shape index (κ2) is 6.53. The number of hydrogen-bond acceptors (Lipinski definition) is 4. The number of rotatable bonds is 7. The van der Waals surface area contributed by atoms with Gasteiger partial charge in [-0.15, -0.1) is 0 Å². The summed E-state index contributed by atoms with van der Waals surface area (Å²) >= 11 is 0. The van der Waals surface area contributed by atoms with E-state index in [1.165, 1.54) is 25.7 Å². The first-order valence-electron chi connectivity index (χ1n) is 7.82. The number of unbranched alkanes of at least 4 members (excludes halogenated alkanes) is 1. The highest BCUT2D eigenvalue weighted by atomic mass is 15.2. The fraction of sp³-hybridized carbons (Fsp3) is 0.750. The van der Waals surface area contributed by atoms with Crippen LogP contribution in [-0.2, 0) is 6.54 Å². The number of aromatic nitrogens is 2. The van der Waals surface area contributed by atoms with Crippen LogP contribution in [0.4, 0.5) is 5.82 Å². The van der Waals surface area contributed by atoms with Gasteiger partial charge in [0.1, 0.15) is 5.82 Å². The maximum Gasteiger partial charge on any atom is 0.147 e. The van der Waals surface area contributed by atoms with Crippen LogP contribution in [0.2, 0.25) is 0 Å². The predicted molar refractivity (Wildman–Crippen MR) is 83.9 cm³/mol. The molecule has 1 aliphatic carbocycles. The van der Waals surface area contributed by atoms with E-state index in [9.17, 15) is 0 Å². The summed E-state index contributed by atoms with van der Waals surface area (Å²) in [5.41, 5.74) is 1.12. The lowest BCUT2D eigenvalue weighted by Gasteiger charge is -2.23. The van der Waals surface area contributed by atoms with E-state index in [0.717, 1.165) is 24.6 Å². The van der Waals surface area contributed by atoms with E-state index in [1.54, 1.807) is 0 Å². The van der Waals surface area contributed by atoms with Gasteiger partial charge >= 0.3 is 0 Å². The molecule has 4 nitrogen and oxygen atoms in total. The molecule has 0 radical (unpaired) electrons. The third-order valence-corrected chi connectivity index (χ3v) is 3.53. The van der Waals surface area contributed by atoms with Crippen LogP contribution in [0, 0.1) is 0 Å². The molecule has 1 heterocycles. The topological polar surface area (TPSA) is 41.1 Å². The molecule has 0 saturated heterocycles. The van der Waals surface area contributed by atoms with Crippen LogP contribution < -0.4 is 10.2 Å². The zero-order chi connectivity index (χ0) is 14.6. The molecule has 112 valence electrons. The Hall–Kier alpha value is -1.16. The molecule has 0 bridgehead atoms. The van der Waals surface area contributed by atoms with Gasteiger partial charge in [-0.1, -0.05) is 13.3 Å². The lowest BCUT2D eigenvalue weighted by molar-refractivity contribution is 0.421. The monoisotopic (exact) mass is 276 g/mol. The van der Waals surface area contributed by atoms with Crippen LogP contribution >= 0.6 is 0 Å². The van der Waals surface area contributed by atoms with Crippen LogP contribution in [0.25, 0.3) is 0 Å². The molecule has 1 saturated carbocycles. The Kier molecular flexibility index (Phi) is 4.97. The van der Waals surface area contributed by atoms with Crippen molar-refractivity contribution in [2.24, 2.45) is 0 Å². The van der Waals surface area contributed by atoms with Gasteiger partial charge in [-0.2, -0.15) is 0 Å². The summed E-state index contributed by atoms with van der Waals surface area (Å²) in [6.07, 6.45) is 8.91. The Morgan fingerprint density at radius 3 is 2.50 bits per heavy atom. The Morgan fingerprint density at radius 2 is 2.00 bits per heavy atom. The van der Waals surface area contributed by atoms with Crippen molar-refractivity contribution in [3.05, 3.63) is 18.1 Å². The SMILES string of the molecule is CCCCN(c1cnc(CNC(C)(C)C)cn1)C1CC1. The van der Waals surface area contributed by atoms with E-state index < -0.39 is 0 Å². The summed E-state index contributed by atoms with van der Waals surface area (Å²) in [4.78, 5) is 11.6. The van der Waals surface area contributed by atoms with Crippen LogP contribution in [-0.4, -0.2) is 28.1 Å². The lowest BCUT2D eigenvalue weighted by Crippen LogP contribution is -2.35. The molecule has 1 aromatic heterocycles. The van der Waals surface area contributed by atoms with Gasteiger partial charge in [-0.3, -0.25) is 4.98 Å². The van der Waals surface area contributed by atoms with Crippen molar-refractivity contribution in [2.75, 3.05) is 11.4 Å². The summed E-state index contributed by atoms with van der Waals surface area (Å²) in [6.45, 7) is 10.6. The van der Waals surface area contributed by atoms with Gasteiger partial charge in [0, 0.05) is 24.7 Å². The molecule has 1 aliphatic rings. The van der Waals surface area contributed by atoms with Gasteiger partial charge in [0.15, 0.2) is 0 Å². The highest BCUT2D eigenvalue weighted by Gasteiger charge is 2.29. The first kappa shape index (κ1) is 15.2. The second-order valence-corrected chi connectivity index (χ2v) is 6.75. The predicted octanol–water partition coefficient (Wildman–Crippen LogP) is 3.13. The van der Waals surface area contributed by atoms with Crippen LogP contribution in [0.15, 0.2) is 12.4 Å². The van der Waals surface area contributed by atoms with Crippen LogP contribution in [0.3, 0.4) is 0 Å². The molecule has 1 fully saturated rings. The number of nitrogens with one attached hydrogen (secondary N) is 1. The maximum atomic E-state index is 4.62. The van der Waals surface area contributed by atoms with E-state index in [1.807, 2.05) is 12.4 Å². The molecule has 1 N–H and O–H groups in total. The molecule has 0 spiro atoms. The molecule has 0 unspecified atom stereocenters. The average molecular weight is 276 g/mol. The fourth-order valence-electron chi connectivity index (χ4n) is 2.14. The van der Waals surface area contributed by atoms with Gasteiger partial charge in [-0.25, -0.2) is 4.98 Å². The molecular weight excluding hydrogens is 248 g/mol. The van der Waals surface area contributed by atoms with Crippen molar-refractivity contribution in [1.29, 1.82) is 0 Å². The number of hydrogen-bond donors (Lipinski definition) is 1. The normalized spacial score (nSPS) is 15.4. The number of nitrogens with zero attached hydrogens (tertiary/aromatic N) is 3. The van der Waals surface area contributed by atoms with E-state index in [4.69, 9.17) is 0 Å². The Balaban J connectivity index is 1.95. The summed E-state index contributed by atoms with van der Waals surface area (Å²) in [5.74, 6) is 1.04. The van der Waals surface area contributed by atoms with Crippen molar-refractivity contribution in [3.8, 4) is 0 Å². The maximum absolute atomic E-state index is 4.62. The van der Waals surface area contributed by atoms with Crippen molar-refractivity contribution < 1.29 is 0 Å². The largest absolute Gasteiger partial charge is 0.352 e. The fourth-order valence-corrected chi connectivity index (χ4v) is 2.14. The van der Waals surface area contributed by atoms with Gasteiger partial charge in [-0.05, 0) is 40.0 Å². The van der Waals surface area contributed by atoms with Gasteiger partial charge in [0.2, 0.25) is 0 Å². The van der Waals surface area contributed by atoms with Crippen molar-refractivity contribution in [1.82, 2.24) is 15.3 Å². The number of anilines is 1. The first-order valence-corrected chi connectivity index (χ1v) is 7.82. The summed E-state index contributed by atoms with van der Waals surface area (Å²) < 4.78 is 0. The van der Waals surface area contributed by atoms with E-state index >= 15 is 0 Å². The Bertz CT molecular complexity index is 403. The van der Waals surface area contributed by atoms with Gasteiger partial charge in [0.25, 0.3) is 0 Å². The zero-order valence-corrected chi connectivity index (χ0v) is 13.3. The second-order valence-electron chi connectivity index (χ2n) is 6.75. The van der Waals surface area contributed by atoms with Gasteiger partial charge < -0.3 is 10.2 Å². The van der Waals surface area contributed by atoms with Crippen molar-refractivity contribution >= 4 is 5.82 Å². The summed E-state index contributed by atoms with van der Waals surface area (Å²) in [5, 5.41) is 3.44. The van der Waals surface area contributed by atoms with Crippen LogP contribution in [0.5, 0.6) is 0 Å². The Morgan fingerprint density at radius 1 is 1.25 bits per heavy atom. The van der Waals surface area contributed by atoms with Gasteiger partial charge in [0.05, 0.1) is 18.1 Å². The third-order valence-electron chi connectivity index (χ3n) is 3.53.